The van der Waals surface area contributed by atoms with Gasteiger partial charge in [0.05, 0.1) is 0 Å². The van der Waals surface area contributed by atoms with Crippen molar-refractivity contribution in [1.29, 1.82) is 0 Å². The van der Waals surface area contributed by atoms with Crippen molar-refractivity contribution in [3.63, 3.8) is 0 Å². The van der Waals surface area contributed by atoms with E-state index in [-0.39, 0.29) is 0 Å². The fourth-order valence-corrected chi connectivity index (χ4v) is 2.87. The number of nitrogens with zero attached hydrogens (tertiary/aromatic N) is 5. The zero-order valence-corrected chi connectivity index (χ0v) is 13.3. The molecule has 0 fully saturated rings. The maximum Gasteiger partial charge on any atom is 0.267 e. The van der Waals surface area contributed by atoms with E-state index in [1.54, 1.807) is 0 Å². The van der Waals surface area contributed by atoms with E-state index < -0.39 is 0 Å². The molecule has 0 aromatic carbocycles. The first-order chi connectivity index (χ1) is 11.1. The predicted molar refractivity (Wildman–Crippen MR) is 87.1 cm³/mol. The van der Waals surface area contributed by atoms with E-state index in [0.717, 1.165) is 28.8 Å². The Morgan fingerprint density at radius 3 is 2.83 bits per heavy atom. The second-order valence-corrected chi connectivity index (χ2v) is 6.20. The zero-order valence-electron chi connectivity index (χ0n) is 13.3. The second kappa shape index (κ2) is 5.15. The first kappa shape index (κ1) is 13.9. The quantitative estimate of drug-likeness (QED) is 0.580. The van der Waals surface area contributed by atoms with Gasteiger partial charge in [0.2, 0.25) is 6.39 Å². The number of aromatic nitrogens is 5. The van der Waals surface area contributed by atoms with Gasteiger partial charge in [-0.25, -0.2) is 9.97 Å². The molecule has 0 unspecified atom stereocenters. The summed E-state index contributed by atoms with van der Waals surface area (Å²) in [7, 11) is 0. The molecule has 116 valence electrons. The molecule has 0 amide bonds. The molecule has 6 heteroatoms. The highest BCUT2D eigenvalue weighted by Gasteiger charge is 2.13. The van der Waals surface area contributed by atoms with Crippen LogP contribution in [0.3, 0.4) is 0 Å². The number of aryl methyl sites for hydroxylation is 1. The Hall–Kier alpha value is -2.76. The van der Waals surface area contributed by atoms with Crippen LogP contribution in [0.1, 0.15) is 25.1 Å². The molecule has 0 saturated heterocycles. The van der Waals surface area contributed by atoms with Gasteiger partial charge in [0.25, 0.3) is 5.89 Å². The molecule has 4 rings (SSSR count). The van der Waals surface area contributed by atoms with Crippen molar-refractivity contribution in [2.45, 2.75) is 27.2 Å². The zero-order chi connectivity index (χ0) is 16.0. The topological polar surface area (TPSA) is 69.1 Å². The largest absolute Gasteiger partial charge is 0.422 e. The molecule has 0 aliphatic carbocycles. The van der Waals surface area contributed by atoms with E-state index in [0.29, 0.717) is 17.5 Å². The van der Waals surface area contributed by atoms with E-state index >= 15 is 0 Å². The number of fused-ring (bicyclic) bond motifs is 3. The molecule has 0 radical (unpaired) electrons. The standard InChI is InChI=1S/C17H17N5O/c1-10(2)6-12-7-11(3)13-4-5-15-20-14(17-21-18-9-23-17)8-22(15)16(13)19-12/h4-5,7-10H,6H2,1-3H3. The highest BCUT2D eigenvalue weighted by Crippen LogP contribution is 2.24. The minimum atomic E-state index is 0.414. The second-order valence-electron chi connectivity index (χ2n) is 6.20. The normalized spacial score (nSPS) is 11.8. The Morgan fingerprint density at radius 1 is 1.22 bits per heavy atom. The molecule has 23 heavy (non-hydrogen) atoms. The number of imidazole rings is 1. The van der Waals surface area contributed by atoms with Crippen LogP contribution >= 0.6 is 0 Å². The van der Waals surface area contributed by atoms with E-state index in [1.165, 1.54) is 12.0 Å². The smallest absolute Gasteiger partial charge is 0.267 e. The van der Waals surface area contributed by atoms with Crippen LogP contribution in [0, 0.1) is 12.8 Å². The van der Waals surface area contributed by atoms with Crippen LogP contribution in [0.15, 0.2) is 35.2 Å². The molecule has 0 spiro atoms. The SMILES string of the molecule is Cc1cc(CC(C)C)nc2c1ccc1nc(-c3nnco3)cn12. The third-order valence-electron chi connectivity index (χ3n) is 3.86. The lowest BCUT2D eigenvalue weighted by Gasteiger charge is -2.09. The van der Waals surface area contributed by atoms with Gasteiger partial charge in [0, 0.05) is 17.3 Å². The molecule has 0 atom stereocenters. The summed E-state index contributed by atoms with van der Waals surface area (Å²) in [6.07, 6.45) is 4.16. The fourth-order valence-electron chi connectivity index (χ4n) is 2.87. The Balaban J connectivity index is 1.97. The highest BCUT2D eigenvalue weighted by atomic mass is 16.4. The van der Waals surface area contributed by atoms with Crippen LogP contribution in [0.5, 0.6) is 0 Å². The third-order valence-corrected chi connectivity index (χ3v) is 3.86. The van der Waals surface area contributed by atoms with Crippen molar-refractivity contribution in [2.75, 3.05) is 0 Å². The lowest BCUT2D eigenvalue weighted by atomic mass is 10.0. The highest BCUT2D eigenvalue weighted by molar-refractivity contribution is 5.82. The Kier molecular flexibility index (Phi) is 3.11. The van der Waals surface area contributed by atoms with Gasteiger partial charge < -0.3 is 4.42 Å². The first-order valence-corrected chi connectivity index (χ1v) is 7.66. The molecular formula is C17H17N5O. The maximum atomic E-state index is 5.24. The molecule has 0 N–H and O–H groups in total. The summed E-state index contributed by atoms with van der Waals surface area (Å²) >= 11 is 0. The van der Waals surface area contributed by atoms with Crippen LogP contribution in [0.2, 0.25) is 0 Å². The monoisotopic (exact) mass is 307 g/mol. The third kappa shape index (κ3) is 2.36. The van der Waals surface area contributed by atoms with Crippen molar-refractivity contribution < 1.29 is 4.42 Å². The number of pyridine rings is 2. The van der Waals surface area contributed by atoms with Gasteiger partial charge in [-0.2, -0.15) is 0 Å². The van der Waals surface area contributed by atoms with Gasteiger partial charge in [-0.1, -0.05) is 13.8 Å². The number of rotatable bonds is 3. The summed E-state index contributed by atoms with van der Waals surface area (Å²) in [6.45, 7) is 6.52. The van der Waals surface area contributed by atoms with E-state index in [1.807, 2.05) is 16.7 Å². The van der Waals surface area contributed by atoms with Gasteiger partial charge in [-0.05, 0) is 43.0 Å². The van der Waals surface area contributed by atoms with Gasteiger partial charge in [-0.3, -0.25) is 4.40 Å². The summed E-state index contributed by atoms with van der Waals surface area (Å²) in [5.41, 5.74) is 4.71. The van der Waals surface area contributed by atoms with Crippen molar-refractivity contribution in [1.82, 2.24) is 24.6 Å². The average molecular weight is 307 g/mol. The van der Waals surface area contributed by atoms with Gasteiger partial charge in [0.15, 0.2) is 0 Å². The Bertz CT molecular complexity index is 985. The molecule has 4 aromatic heterocycles. The summed E-state index contributed by atoms with van der Waals surface area (Å²) < 4.78 is 7.23. The molecular weight excluding hydrogens is 290 g/mol. The molecule has 0 aliphatic rings. The molecule has 0 aliphatic heterocycles. The number of hydrogen-bond acceptors (Lipinski definition) is 5. The number of hydrogen-bond donors (Lipinski definition) is 0. The van der Waals surface area contributed by atoms with Gasteiger partial charge in [-0.15, -0.1) is 10.2 Å². The first-order valence-electron chi connectivity index (χ1n) is 7.66. The average Bonchev–Trinajstić information content (AvgIpc) is 3.15. The van der Waals surface area contributed by atoms with Crippen molar-refractivity contribution in [3.05, 3.63) is 42.0 Å². The maximum absolute atomic E-state index is 5.24. The van der Waals surface area contributed by atoms with Crippen molar-refractivity contribution in [2.24, 2.45) is 5.92 Å². The Morgan fingerprint density at radius 2 is 2.09 bits per heavy atom. The lowest BCUT2D eigenvalue weighted by molar-refractivity contribution is 0.567. The molecule has 0 saturated carbocycles. The van der Waals surface area contributed by atoms with Crippen LogP contribution in [-0.2, 0) is 6.42 Å². The summed E-state index contributed by atoms with van der Waals surface area (Å²) in [4.78, 5) is 9.41. The van der Waals surface area contributed by atoms with E-state index in [2.05, 4.69) is 48.1 Å². The fraction of sp³-hybridized carbons (Fsp3) is 0.294. The van der Waals surface area contributed by atoms with Crippen LogP contribution in [0.25, 0.3) is 28.3 Å². The lowest BCUT2D eigenvalue weighted by Crippen LogP contribution is -2.01. The molecule has 4 heterocycles. The summed E-state index contributed by atoms with van der Waals surface area (Å²) in [5, 5.41) is 8.76. The minimum Gasteiger partial charge on any atom is -0.422 e. The van der Waals surface area contributed by atoms with Crippen LogP contribution < -0.4 is 0 Å². The van der Waals surface area contributed by atoms with Crippen molar-refractivity contribution >= 4 is 16.7 Å². The van der Waals surface area contributed by atoms with E-state index in [9.17, 15) is 0 Å². The predicted octanol–water partition coefficient (Wildman–Crippen LogP) is 3.44. The van der Waals surface area contributed by atoms with Crippen molar-refractivity contribution in [3.8, 4) is 11.6 Å². The molecule has 0 bridgehead atoms. The van der Waals surface area contributed by atoms with Crippen LogP contribution in [0.4, 0.5) is 0 Å². The van der Waals surface area contributed by atoms with Gasteiger partial charge >= 0.3 is 0 Å². The summed E-state index contributed by atoms with van der Waals surface area (Å²) in [5.74, 6) is 0.979. The van der Waals surface area contributed by atoms with Gasteiger partial charge in [0.1, 0.15) is 17.0 Å². The minimum absolute atomic E-state index is 0.414. The van der Waals surface area contributed by atoms with E-state index in [4.69, 9.17) is 9.40 Å². The molecule has 4 aromatic rings. The summed E-state index contributed by atoms with van der Waals surface area (Å²) in [6, 6.07) is 6.22. The molecule has 6 nitrogen and oxygen atoms in total. The van der Waals surface area contributed by atoms with Crippen LogP contribution in [-0.4, -0.2) is 24.6 Å². The Labute approximate surface area is 133 Å².